The maximum Gasteiger partial charge on any atom is 0.274 e. The van der Waals surface area contributed by atoms with E-state index in [2.05, 4.69) is 19.7 Å². The van der Waals surface area contributed by atoms with Gasteiger partial charge in [0.1, 0.15) is 5.69 Å². The van der Waals surface area contributed by atoms with Crippen LogP contribution in [0, 0.1) is 6.92 Å². The molecule has 19 heavy (non-hydrogen) atoms. The van der Waals surface area contributed by atoms with Gasteiger partial charge >= 0.3 is 0 Å². The van der Waals surface area contributed by atoms with E-state index in [-0.39, 0.29) is 5.91 Å². The molecular formula is C13H17N5O. The fraction of sp³-hybridized carbons (Fsp3) is 0.462. The van der Waals surface area contributed by atoms with E-state index < -0.39 is 0 Å². The van der Waals surface area contributed by atoms with E-state index in [4.69, 9.17) is 0 Å². The zero-order valence-electron chi connectivity index (χ0n) is 10.9. The van der Waals surface area contributed by atoms with Crippen molar-refractivity contribution in [2.24, 2.45) is 0 Å². The summed E-state index contributed by atoms with van der Waals surface area (Å²) in [6.45, 7) is 3.42. The predicted molar refractivity (Wildman–Crippen MR) is 69.7 cm³/mol. The zero-order chi connectivity index (χ0) is 13.2. The second-order valence-electron chi connectivity index (χ2n) is 4.99. The van der Waals surface area contributed by atoms with E-state index in [9.17, 15) is 4.79 Å². The van der Waals surface area contributed by atoms with Gasteiger partial charge in [0.15, 0.2) is 0 Å². The molecule has 3 rings (SSSR count). The molecule has 1 fully saturated rings. The number of imidazole rings is 1. The third-order valence-electron chi connectivity index (χ3n) is 3.56. The maximum atomic E-state index is 12.3. The van der Waals surface area contributed by atoms with E-state index in [1.807, 2.05) is 24.3 Å². The van der Waals surface area contributed by atoms with Gasteiger partial charge in [-0.15, -0.1) is 0 Å². The number of H-pyrrole nitrogens is 1. The SMILES string of the molecule is Cc1cc(C(=O)N2CCC[C@@H](n3ccnc3)C2)n[nH]1. The number of likely N-dealkylation sites (tertiary alicyclic amines) is 1. The van der Waals surface area contributed by atoms with E-state index in [0.717, 1.165) is 31.6 Å². The third kappa shape index (κ3) is 2.38. The fourth-order valence-electron chi connectivity index (χ4n) is 2.56. The smallest absolute Gasteiger partial charge is 0.274 e. The predicted octanol–water partition coefficient (Wildman–Crippen LogP) is 1.39. The number of aromatic amines is 1. The summed E-state index contributed by atoms with van der Waals surface area (Å²) in [5.74, 6) is 0.00849. The van der Waals surface area contributed by atoms with Gasteiger partial charge in [-0.2, -0.15) is 5.10 Å². The van der Waals surface area contributed by atoms with Crippen LogP contribution in [0.25, 0.3) is 0 Å². The minimum absolute atomic E-state index is 0.00849. The Bertz CT molecular complexity index is 559. The largest absolute Gasteiger partial charge is 0.335 e. The van der Waals surface area contributed by atoms with Crippen LogP contribution in [0.3, 0.4) is 0 Å². The van der Waals surface area contributed by atoms with Crippen molar-refractivity contribution in [1.82, 2.24) is 24.6 Å². The lowest BCUT2D eigenvalue weighted by atomic mass is 10.1. The molecule has 1 atom stereocenters. The molecule has 0 unspecified atom stereocenters. The number of nitrogens with zero attached hydrogens (tertiary/aromatic N) is 4. The summed E-state index contributed by atoms with van der Waals surface area (Å²) in [4.78, 5) is 18.3. The molecule has 1 amide bonds. The highest BCUT2D eigenvalue weighted by molar-refractivity contribution is 5.92. The topological polar surface area (TPSA) is 66.8 Å². The van der Waals surface area contributed by atoms with E-state index in [0.29, 0.717) is 11.7 Å². The number of piperidine rings is 1. The average molecular weight is 259 g/mol. The third-order valence-corrected chi connectivity index (χ3v) is 3.56. The van der Waals surface area contributed by atoms with Crippen LogP contribution in [0.15, 0.2) is 24.8 Å². The van der Waals surface area contributed by atoms with Crippen molar-refractivity contribution < 1.29 is 4.79 Å². The van der Waals surface area contributed by atoms with Gasteiger partial charge in [0.2, 0.25) is 0 Å². The Balaban J connectivity index is 1.73. The molecule has 3 heterocycles. The van der Waals surface area contributed by atoms with Crippen LogP contribution in [0.4, 0.5) is 0 Å². The van der Waals surface area contributed by atoms with Crippen LogP contribution in [0.5, 0.6) is 0 Å². The van der Waals surface area contributed by atoms with Gasteiger partial charge < -0.3 is 9.47 Å². The molecule has 2 aromatic heterocycles. The lowest BCUT2D eigenvalue weighted by Crippen LogP contribution is -2.40. The number of amides is 1. The summed E-state index contributed by atoms with van der Waals surface area (Å²) in [5.41, 5.74) is 1.41. The van der Waals surface area contributed by atoms with Gasteiger partial charge in [0.25, 0.3) is 5.91 Å². The summed E-state index contributed by atoms with van der Waals surface area (Å²) < 4.78 is 2.08. The Morgan fingerprint density at radius 1 is 1.53 bits per heavy atom. The molecule has 6 nitrogen and oxygen atoms in total. The Kier molecular flexibility index (Phi) is 3.06. The number of hydrogen-bond acceptors (Lipinski definition) is 3. The highest BCUT2D eigenvalue weighted by atomic mass is 16.2. The van der Waals surface area contributed by atoms with Crippen molar-refractivity contribution in [1.29, 1.82) is 0 Å². The molecule has 1 N–H and O–H groups in total. The number of hydrogen-bond donors (Lipinski definition) is 1. The number of aromatic nitrogens is 4. The molecule has 0 bridgehead atoms. The van der Waals surface area contributed by atoms with E-state index in [1.165, 1.54) is 0 Å². The van der Waals surface area contributed by atoms with Crippen molar-refractivity contribution in [2.75, 3.05) is 13.1 Å². The minimum atomic E-state index is 0.00849. The summed E-state index contributed by atoms with van der Waals surface area (Å²) >= 11 is 0. The molecule has 0 spiro atoms. The summed E-state index contributed by atoms with van der Waals surface area (Å²) in [7, 11) is 0. The maximum absolute atomic E-state index is 12.3. The van der Waals surface area contributed by atoms with Crippen LogP contribution in [-0.4, -0.2) is 43.6 Å². The molecule has 0 aliphatic carbocycles. The summed E-state index contributed by atoms with van der Waals surface area (Å²) in [6, 6.07) is 2.11. The Morgan fingerprint density at radius 2 is 2.42 bits per heavy atom. The second kappa shape index (κ2) is 4.87. The Labute approximate surface area is 111 Å². The van der Waals surface area contributed by atoms with Crippen LogP contribution in [0.1, 0.15) is 35.1 Å². The van der Waals surface area contributed by atoms with Crippen LogP contribution in [0.2, 0.25) is 0 Å². The van der Waals surface area contributed by atoms with E-state index >= 15 is 0 Å². The standard InChI is InChI=1S/C13H17N5O/c1-10-7-12(16-15-10)13(19)17-5-2-3-11(8-17)18-6-4-14-9-18/h4,6-7,9,11H,2-3,5,8H2,1H3,(H,15,16)/t11-/m1/s1. The molecule has 1 aliphatic heterocycles. The van der Waals surface area contributed by atoms with Gasteiger partial charge in [0.05, 0.1) is 12.4 Å². The fourth-order valence-corrected chi connectivity index (χ4v) is 2.56. The van der Waals surface area contributed by atoms with Crippen molar-refractivity contribution in [2.45, 2.75) is 25.8 Å². The zero-order valence-corrected chi connectivity index (χ0v) is 10.9. The van der Waals surface area contributed by atoms with Gasteiger partial charge in [-0.1, -0.05) is 0 Å². The van der Waals surface area contributed by atoms with Gasteiger partial charge in [-0.05, 0) is 25.8 Å². The lowest BCUT2D eigenvalue weighted by molar-refractivity contribution is 0.0673. The molecule has 6 heteroatoms. The summed E-state index contributed by atoms with van der Waals surface area (Å²) in [5, 5.41) is 6.86. The van der Waals surface area contributed by atoms with Gasteiger partial charge in [0, 0.05) is 31.2 Å². The molecule has 0 radical (unpaired) electrons. The first-order valence-corrected chi connectivity index (χ1v) is 6.53. The van der Waals surface area contributed by atoms with E-state index in [1.54, 1.807) is 12.3 Å². The Hall–Kier alpha value is -2.11. The lowest BCUT2D eigenvalue weighted by Gasteiger charge is -2.32. The monoisotopic (exact) mass is 259 g/mol. The first kappa shape index (κ1) is 12.0. The van der Waals surface area contributed by atoms with Crippen molar-refractivity contribution in [3.8, 4) is 0 Å². The number of carbonyl (C=O) groups is 1. The number of rotatable bonds is 2. The van der Waals surface area contributed by atoms with Gasteiger partial charge in [-0.3, -0.25) is 9.89 Å². The Morgan fingerprint density at radius 3 is 3.11 bits per heavy atom. The normalized spacial score (nSPS) is 19.6. The van der Waals surface area contributed by atoms with Crippen molar-refractivity contribution >= 4 is 5.91 Å². The van der Waals surface area contributed by atoms with Crippen LogP contribution >= 0.6 is 0 Å². The highest BCUT2D eigenvalue weighted by Crippen LogP contribution is 2.22. The molecule has 1 saturated heterocycles. The molecule has 0 aromatic carbocycles. The minimum Gasteiger partial charge on any atom is -0.335 e. The van der Waals surface area contributed by atoms with Crippen LogP contribution in [-0.2, 0) is 0 Å². The second-order valence-corrected chi connectivity index (χ2v) is 4.99. The van der Waals surface area contributed by atoms with Crippen LogP contribution < -0.4 is 0 Å². The first-order valence-electron chi connectivity index (χ1n) is 6.53. The molecule has 100 valence electrons. The first-order chi connectivity index (χ1) is 9.24. The number of nitrogens with one attached hydrogen (secondary N) is 1. The highest BCUT2D eigenvalue weighted by Gasteiger charge is 2.26. The molecular weight excluding hydrogens is 242 g/mol. The summed E-state index contributed by atoms with van der Waals surface area (Å²) in [6.07, 6.45) is 7.64. The van der Waals surface area contributed by atoms with Crippen molar-refractivity contribution in [3.63, 3.8) is 0 Å². The quantitative estimate of drug-likeness (QED) is 0.886. The molecule has 2 aromatic rings. The number of carbonyl (C=O) groups excluding carboxylic acids is 1. The van der Waals surface area contributed by atoms with Crippen molar-refractivity contribution in [3.05, 3.63) is 36.2 Å². The molecule has 0 saturated carbocycles. The number of aryl methyl sites for hydroxylation is 1. The average Bonchev–Trinajstić information content (AvgIpc) is 3.09. The van der Waals surface area contributed by atoms with Gasteiger partial charge in [-0.25, -0.2) is 4.98 Å². The molecule has 1 aliphatic rings.